The number of para-hydroxylation sites is 2. The van der Waals surface area contributed by atoms with Crippen LogP contribution in [0.4, 0.5) is 0 Å². The Hall–Kier alpha value is -2.97. The lowest BCUT2D eigenvalue weighted by Gasteiger charge is -2.32. The maximum absolute atomic E-state index is 7.60. The lowest BCUT2D eigenvalue weighted by atomic mass is 9.81. The molecule has 0 aliphatic rings. The molecule has 0 bridgehead atoms. The van der Waals surface area contributed by atoms with E-state index in [9.17, 15) is 0 Å². The maximum Gasteiger partial charge on any atom is 0.127 e. The summed E-state index contributed by atoms with van der Waals surface area (Å²) in [6.07, 6.45) is 0. The molecule has 28 heavy (non-hydrogen) atoms. The second-order valence-corrected chi connectivity index (χ2v) is 7.15. The van der Waals surface area contributed by atoms with Crippen LogP contribution in [-0.4, -0.2) is 14.2 Å². The normalized spacial score (nSPS) is 11.4. The summed E-state index contributed by atoms with van der Waals surface area (Å²) in [7, 11) is 3.34. The molecule has 0 atom stereocenters. The van der Waals surface area contributed by atoms with Crippen molar-refractivity contribution in [2.24, 2.45) is 0 Å². The van der Waals surface area contributed by atoms with Crippen molar-refractivity contribution in [2.75, 3.05) is 14.2 Å². The molecular weight excluding hydrogens is 368 g/mol. The van der Waals surface area contributed by atoms with Crippen LogP contribution < -0.4 is 9.47 Å². The molecule has 0 fully saturated rings. The van der Waals surface area contributed by atoms with Gasteiger partial charge >= 0.3 is 0 Å². The second kappa shape index (κ2) is 7.57. The number of halogens is 1. The third kappa shape index (κ3) is 2.90. The van der Waals surface area contributed by atoms with Crippen LogP contribution in [0, 0.1) is 0 Å². The van der Waals surface area contributed by atoms with E-state index >= 15 is 0 Å². The van der Waals surface area contributed by atoms with E-state index in [2.05, 4.69) is 24.3 Å². The van der Waals surface area contributed by atoms with Gasteiger partial charge in [0.05, 0.1) is 14.2 Å². The minimum atomic E-state index is -0.986. The number of rotatable bonds is 5. The van der Waals surface area contributed by atoms with Crippen LogP contribution in [0.15, 0.2) is 91.0 Å². The van der Waals surface area contributed by atoms with Crippen LogP contribution in [0.5, 0.6) is 11.5 Å². The lowest BCUT2D eigenvalue weighted by Crippen LogP contribution is -2.24. The van der Waals surface area contributed by atoms with Crippen molar-refractivity contribution >= 4 is 22.4 Å². The van der Waals surface area contributed by atoms with Gasteiger partial charge in [-0.05, 0) is 28.5 Å². The van der Waals surface area contributed by atoms with E-state index in [1.165, 1.54) is 0 Å². The Bertz CT molecular complexity index is 1070. The van der Waals surface area contributed by atoms with Crippen molar-refractivity contribution in [3.8, 4) is 11.5 Å². The second-order valence-electron chi connectivity index (χ2n) is 6.59. The van der Waals surface area contributed by atoms with Gasteiger partial charge in [0.2, 0.25) is 0 Å². The van der Waals surface area contributed by atoms with E-state index in [0.717, 1.165) is 39.0 Å². The number of benzene rings is 4. The van der Waals surface area contributed by atoms with Gasteiger partial charge in [0, 0.05) is 11.1 Å². The van der Waals surface area contributed by atoms with Crippen molar-refractivity contribution in [3.63, 3.8) is 0 Å². The number of hydrogen-bond acceptors (Lipinski definition) is 2. The smallest absolute Gasteiger partial charge is 0.127 e. The summed E-state index contributed by atoms with van der Waals surface area (Å²) in [5, 5.41) is 2.23. The van der Waals surface area contributed by atoms with Crippen molar-refractivity contribution < 1.29 is 9.47 Å². The number of alkyl halides is 1. The lowest BCUT2D eigenvalue weighted by molar-refractivity contribution is 0.400. The topological polar surface area (TPSA) is 18.5 Å². The van der Waals surface area contributed by atoms with Gasteiger partial charge in [0.15, 0.2) is 0 Å². The van der Waals surface area contributed by atoms with Crippen LogP contribution in [0.1, 0.15) is 16.7 Å². The standard InChI is InChI=1S/C25H21ClO2/c1-27-23-16-7-5-13-21(23)25(26,22-14-6-8-17-24(22)28-2)20-15-9-11-18-10-3-4-12-19(18)20/h3-17H,1-2H3. The van der Waals surface area contributed by atoms with Crippen molar-refractivity contribution in [1.29, 1.82) is 0 Å². The van der Waals surface area contributed by atoms with Crippen LogP contribution in [-0.2, 0) is 4.87 Å². The van der Waals surface area contributed by atoms with Crippen LogP contribution >= 0.6 is 11.6 Å². The minimum absolute atomic E-state index is 0.733. The molecule has 0 amide bonds. The third-order valence-corrected chi connectivity index (χ3v) is 5.73. The van der Waals surface area contributed by atoms with E-state index < -0.39 is 4.87 Å². The van der Waals surface area contributed by atoms with Gasteiger partial charge in [0.1, 0.15) is 16.4 Å². The Morgan fingerprint density at radius 2 is 1.04 bits per heavy atom. The Morgan fingerprint density at radius 1 is 0.571 bits per heavy atom. The van der Waals surface area contributed by atoms with Gasteiger partial charge in [-0.25, -0.2) is 0 Å². The SMILES string of the molecule is COc1ccccc1C(Cl)(c1ccccc1OC)c1cccc2ccccc12. The maximum atomic E-state index is 7.60. The molecule has 140 valence electrons. The van der Waals surface area contributed by atoms with Gasteiger partial charge < -0.3 is 9.47 Å². The van der Waals surface area contributed by atoms with Gasteiger partial charge in [0.25, 0.3) is 0 Å². The minimum Gasteiger partial charge on any atom is -0.496 e. The fraction of sp³-hybridized carbons (Fsp3) is 0.120. The summed E-state index contributed by atoms with van der Waals surface area (Å²) in [6, 6.07) is 30.3. The zero-order valence-corrected chi connectivity index (χ0v) is 16.6. The summed E-state index contributed by atoms with van der Waals surface area (Å²) in [4.78, 5) is -0.986. The number of ether oxygens (including phenoxy) is 2. The average Bonchev–Trinajstić information content (AvgIpc) is 2.78. The average molecular weight is 389 g/mol. The van der Waals surface area contributed by atoms with Crippen molar-refractivity contribution in [3.05, 3.63) is 108 Å². The van der Waals surface area contributed by atoms with Gasteiger partial charge in [-0.1, -0.05) is 78.9 Å². The monoisotopic (exact) mass is 388 g/mol. The Balaban J connectivity index is 2.13. The molecule has 4 aromatic carbocycles. The van der Waals surface area contributed by atoms with Gasteiger partial charge in [-0.15, -0.1) is 11.6 Å². The first-order chi connectivity index (χ1) is 13.7. The van der Waals surface area contributed by atoms with E-state index in [0.29, 0.717) is 0 Å². The molecule has 0 aromatic heterocycles. The largest absolute Gasteiger partial charge is 0.496 e. The number of hydrogen-bond donors (Lipinski definition) is 0. The zero-order valence-electron chi connectivity index (χ0n) is 15.9. The molecule has 0 heterocycles. The molecule has 2 nitrogen and oxygen atoms in total. The Morgan fingerprint density at radius 3 is 1.64 bits per heavy atom. The Kier molecular flexibility index (Phi) is 4.97. The molecule has 3 heteroatoms. The predicted octanol–water partition coefficient (Wildman–Crippen LogP) is 6.39. The van der Waals surface area contributed by atoms with E-state index in [4.69, 9.17) is 21.1 Å². The van der Waals surface area contributed by atoms with Crippen molar-refractivity contribution in [1.82, 2.24) is 0 Å². The quantitative estimate of drug-likeness (QED) is 0.291. The molecule has 4 aromatic rings. The molecule has 0 saturated carbocycles. The highest BCUT2D eigenvalue weighted by molar-refractivity contribution is 6.29. The van der Waals surface area contributed by atoms with Gasteiger partial charge in [-0.3, -0.25) is 0 Å². The summed E-state index contributed by atoms with van der Waals surface area (Å²) in [5.41, 5.74) is 2.74. The molecule has 0 aliphatic carbocycles. The molecule has 4 rings (SSSR count). The predicted molar refractivity (Wildman–Crippen MR) is 116 cm³/mol. The molecular formula is C25H21ClO2. The highest BCUT2D eigenvalue weighted by atomic mass is 35.5. The number of methoxy groups -OCH3 is 2. The molecule has 0 aliphatic heterocycles. The molecule has 0 spiro atoms. The highest BCUT2D eigenvalue weighted by Gasteiger charge is 2.39. The third-order valence-electron chi connectivity index (χ3n) is 5.12. The summed E-state index contributed by atoms with van der Waals surface area (Å²) in [6.45, 7) is 0. The van der Waals surface area contributed by atoms with Crippen LogP contribution in [0.3, 0.4) is 0 Å². The van der Waals surface area contributed by atoms with Gasteiger partial charge in [-0.2, -0.15) is 0 Å². The summed E-state index contributed by atoms with van der Waals surface area (Å²) < 4.78 is 11.4. The Labute approximate surface area is 170 Å². The zero-order chi connectivity index (χ0) is 19.6. The molecule has 0 N–H and O–H groups in total. The van der Waals surface area contributed by atoms with E-state index in [1.807, 2.05) is 66.7 Å². The van der Waals surface area contributed by atoms with Crippen LogP contribution in [0.2, 0.25) is 0 Å². The number of fused-ring (bicyclic) bond motifs is 1. The summed E-state index contributed by atoms with van der Waals surface area (Å²) >= 11 is 7.60. The highest BCUT2D eigenvalue weighted by Crippen LogP contribution is 2.51. The van der Waals surface area contributed by atoms with E-state index in [1.54, 1.807) is 14.2 Å². The molecule has 0 unspecified atom stereocenters. The fourth-order valence-electron chi connectivity index (χ4n) is 3.82. The fourth-order valence-corrected chi connectivity index (χ4v) is 4.30. The van der Waals surface area contributed by atoms with E-state index in [-0.39, 0.29) is 0 Å². The first-order valence-electron chi connectivity index (χ1n) is 9.14. The molecule has 0 radical (unpaired) electrons. The first kappa shape index (κ1) is 18.4. The first-order valence-corrected chi connectivity index (χ1v) is 9.52. The molecule has 0 saturated heterocycles. The summed E-state index contributed by atoms with van der Waals surface area (Å²) in [5.74, 6) is 1.47. The van der Waals surface area contributed by atoms with Crippen LogP contribution in [0.25, 0.3) is 10.8 Å². The van der Waals surface area contributed by atoms with Crippen molar-refractivity contribution in [2.45, 2.75) is 4.87 Å².